The number of hydrogen-bond acceptors (Lipinski definition) is 2. The van der Waals surface area contributed by atoms with Gasteiger partial charge in [-0.15, -0.1) is 0 Å². The second-order valence-electron chi connectivity index (χ2n) is 6.57. The fraction of sp³-hybridized carbons (Fsp3) is 0.381. The minimum Gasteiger partial charge on any atom is -0.382 e. The largest absolute Gasteiger partial charge is 0.382 e. The Morgan fingerprint density at radius 2 is 1.67 bits per heavy atom. The van der Waals surface area contributed by atoms with Crippen LogP contribution in [-0.2, 0) is 17.6 Å². The molecular weight excluding hydrogens is 296 g/mol. The van der Waals surface area contributed by atoms with Gasteiger partial charge in [0.2, 0.25) is 5.91 Å². The van der Waals surface area contributed by atoms with Gasteiger partial charge in [-0.25, -0.2) is 0 Å². The topological polar surface area (TPSA) is 32.3 Å². The molecule has 1 amide bonds. The summed E-state index contributed by atoms with van der Waals surface area (Å²) in [5.41, 5.74) is 3.99. The highest BCUT2D eigenvalue weighted by Crippen LogP contribution is 2.22. The van der Waals surface area contributed by atoms with E-state index in [1.54, 1.807) is 6.92 Å². The van der Waals surface area contributed by atoms with Crippen LogP contribution >= 0.6 is 0 Å². The summed E-state index contributed by atoms with van der Waals surface area (Å²) in [6.45, 7) is 3.38. The van der Waals surface area contributed by atoms with Crippen molar-refractivity contribution in [1.82, 2.24) is 4.90 Å². The number of nitrogens with zero attached hydrogens (tertiary/aromatic N) is 1. The first kappa shape index (κ1) is 16.6. The standard InChI is InChI=1S/C21H26N2O/c1-17(24)23-15-13-20(14-16-23)22-21-10-6-5-9-19(21)12-11-18-7-3-2-4-8-18/h2-10,20,22H,11-16H2,1H3. The van der Waals surface area contributed by atoms with Crippen LogP contribution in [0.3, 0.4) is 0 Å². The Labute approximate surface area is 144 Å². The maximum Gasteiger partial charge on any atom is 0.219 e. The van der Waals surface area contributed by atoms with E-state index in [2.05, 4.69) is 59.9 Å². The summed E-state index contributed by atoms with van der Waals surface area (Å²) in [5, 5.41) is 3.71. The number of anilines is 1. The maximum absolute atomic E-state index is 11.4. The third kappa shape index (κ3) is 4.38. The van der Waals surface area contributed by atoms with Crippen molar-refractivity contribution in [3.8, 4) is 0 Å². The van der Waals surface area contributed by atoms with Crippen molar-refractivity contribution in [2.45, 2.75) is 38.6 Å². The van der Waals surface area contributed by atoms with Crippen LogP contribution in [0.25, 0.3) is 0 Å². The van der Waals surface area contributed by atoms with Crippen molar-refractivity contribution in [2.75, 3.05) is 18.4 Å². The molecule has 2 aromatic rings. The lowest BCUT2D eigenvalue weighted by atomic mass is 10.0. The summed E-state index contributed by atoms with van der Waals surface area (Å²) >= 11 is 0. The van der Waals surface area contributed by atoms with Crippen LogP contribution < -0.4 is 5.32 Å². The zero-order valence-electron chi connectivity index (χ0n) is 14.4. The van der Waals surface area contributed by atoms with E-state index < -0.39 is 0 Å². The summed E-state index contributed by atoms with van der Waals surface area (Å²) in [6.07, 6.45) is 4.14. The summed E-state index contributed by atoms with van der Waals surface area (Å²) in [5.74, 6) is 0.191. The van der Waals surface area contributed by atoms with Crippen LogP contribution in [0.4, 0.5) is 5.69 Å². The first-order valence-electron chi connectivity index (χ1n) is 8.86. The molecule has 0 atom stereocenters. The molecular formula is C21H26N2O. The van der Waals surface area contributed by atoms with Gasteiger partial charge in [0.15, 0.2) is 0 Å². The molecule has 3 rings (SSSR count). The molecule has 0 aromatic heterocycles. The summed E-state index contributed by atoms with van der Waals surface area (Å²) in [7, 11) is 0. The molecule has 0 bridgehead atoms. The van der Waals surface area contributed by atoms with E-state index >= 15 is 0 Å². The molecule has 1 N–H and O–H groups in total. The van der Waals surface area contributed by atoms with E-state index in [1.165, 1.54) is 16.8 Å². The highest BCUT2D eigenvalue weighted by molar-refractivity contribution is 5.73. The molecule has 0 saturated carbocycles. The Hall–Kier alpha value is -2.29. The number of hydrogen-bond donors (Lipinski definition) is 1. The van der Waals surface area contributed by atoms with E-state index in [4.69, 9.17) is 0 Å². The number of aryl methyl sites for hydroxylation is 2. The number of benzene rings is 2. The average molecular weight is 322 g/mol. The number of likely N-dealkylation sites (tertiary alicyclic amines) is 1. The molecule has 0 radical (unpaired) electrons. The summed E-state index contributed by atoms with van der Waals surface area (Å²) in [6, 6.07) is 19.7. The molecule has 1 heterocycles. The first-order valence-corrected chi connectivity index (χ1v) is 8.86. The van der Waals surface area contributed by atoms with Crippen LogP contribution in [0.15, 0.2) is 54.6 Å². The van der Waals surface area contributed by atoms with Crippen LogP contribution in [0.1, 0.15) is 30.9 Å². The monoisotopic (exact) mass is 322 g/mol. The molecule has 0 aliphatic carbocycles. The Balaban J connectivity index is 1.59. The molecule has 24 heavy (non-hydrogen) atoms. The lowest BCUT2D eigenvalue weighted by Gasteiger charge is -2.32. The lowest BCUT2D eigenvalue weighted by molar-refractivity contribution is -0.129. The van der Waals surface area contributed by atoms with Crippen LogP contribution in [0.2, 0.25) is 0 Å². The maximum atomic E-state index is 11.4. The fourth-order valence-corrected chi connectivity index (χ4v) is 3.36. The number of carbonyl (C=O) groups is 1. The van der Waals surface area contributed by atoms with Gasteiger partial charge in [0.05, 0.1) is 0 Å². The number of amides is 1. The Bertz CT molecular complexity index is 661. The zero-order chi connectivity index (χ0) is 16.8. The molecule has 3 heteroatoms. The molecule has 1 fully saturated rings. The van der Waals surface area contributed by atoms with Gasteiger partial charge in [-0.3, -0.25) is 4.79 Å². The van der Waals surface area contributed by atoms with Gasteiger partial charge in [0, 0.05) is 31.7 Å². The summed E-state index contributed by atoms with van der Waals surface area (Å²) < 4.78 is 0. The SMILES string of the molecule is CC(=O)N1CCC(Nc2ccccc2CCc2ccccc2)CC1. The number of carbonyl (C=O) groups excluding carboxylic acids is 1. The highest BCUT2D eigenvalue weighted by atomic mass is 16.2. The van der Waals surface area contributed by atoms with Crippen molar-refractivity contribution in [1.29, 1.82) is 0 Å². The van der Waals surface area contributed by atoms with Crippen molar-refractivity contribution in [3.63, 3.8) is 0 Å². The van der Waals surface area contributed by atoms with Gasteiger partial charge in [-0.05, 0) is 42.9 Å². The Morgan fingerprint density at radius 3 is 2.38 bits per heavy atom. The summed E-state index contributed by atoms with van der Waals surface area (Å²) in [4.78, 5) is 13.4. The molecule has 0 unspecified atom stereocenters. The van der Waals surface area contributed by atoms with E-state index in [1.807, 2.05) is 4.90 Å². The highest BCUT2D eigenvalue weighted by Gasteiger charge is 2.20. The van der Waals surface area contributed by atoms with Crippen molar-refractivity contribution in [2.24, 2.45) is 0 Å². The second-order valence-corrected chi connectivity index (χ2v) is 6.57. The first-order chi connectivity index (χ1) is 11.7. The molecule has 126 valence electrons. The van der Waals surface area contributed by atoms with Crippen molar-refractivity contribution in [3.05, 3.63) is 65.7 Å². The van der Waals surface area contributed by atoms with Crippen molar-refractivity contribution >= 4 is 11.6 Å². The molecule has 1 aliphatic heterocycles. The fourth-order valence-electron chi connectivity index (χ4n) is 3.36. The van der Waals surface area contributed by atoms with E-state index in [9.17, 15) is 4.79 Å². The number of piperidine rings is 1. The van der Waals surface area contributed by atoms with E-state index in [0.717, 1.165) is 38.8 Å². The molecule has 3 nitrogen and oxygen atoms in total. The van der Waals surface area contributed by atoms with Gasteiger partial charge in [-0.2, -0.15) is 0 Å². The Kier molecular flexibility index (Phi) is 5.52. The third-order valence-corrected chi connectivity index (χ3v) is 4.84. The predicted molar refractivity (Wildman–Crippen MR) is 99.2 cm³/mol. The Morgan fingerprint density at radius 1 is 1.00 bits per heavy atom. The van der Waals surface area contributed by atoms with E-state index in [-0.39, 0.29) is 5.91 Å². The zero-order valence-corrected chi connectivity index (χ0v) is 14.4. The van der Waals surface area contributed by atoms with Gasteiger partial charge in [0.1, 0.15) is 0 Å². The van der Waals surface area contributed by atoms with Gasteiger partial charge < -0.3 is 10.2 Å². The molecule has 1 saturated heterocycles. The number of para-hydroxylation sites is 1. The second kappa shape index (κ2) is 8.00. The molecule has 1 aliphatic rings. The van der Waals surface area contributed by atoms with Crippen LogP contribution in [-0.4, -0.2) is 29.9 Å². The predicted octanol–water partition coefficient (Wildman–Crippen LogP) is 3.89. The van der Waals surface area contributed by atoms with Gasteiger partial charge >= 0.3 is 0 Å². The van der Waals surface area contributed by atoms with Crippen LogP contribution in [0.5, 0.6) is 0 Å². The minimum atomic E-state index is 0.191. The van der Waals surface area contributed by atoms with Gasteiger partial charge in [0.25, 0.3) is 0 Å². The number of nitrogens with one attached hydrogen (secondary N) is 1. The van der Waals surface area contributed by atoms with Crippen molar-refractivity contribution < 1.29 is 4.79 Å². The molecule has 0 spiro atoms. The van der Waals surface area contributed by atoms with E-state index in [0.29, 0.717) is 6.04 Å². The third-order valence-electron chi connectivity index (χ3n) is 4.84. The quantitative estimate of drug-likeness (QED) is 0.905. The smallest absolute Gasteiger partial charge is 0.219 e. The lowest BCUT2D eigenvalue weighted by Crippen LogP contribution is -2.41. The average Bonchev–Trinajstić information content (AvgIpc) is 2.62. The normalized spacial score (nSPS) is 15.3. The number of rotatable bonds is 5. The van der Waals surface area contributed by atoms with Crippen LogP contribution in [0, 0.1) is 0 Å². The molecule has 2 aromatic carbocycles. The van der Waals surface area contributed by atoms with Gasteiger partial charge in [-0.1, -0.05) is 48.5 Å². The minimum absolute atomic E-state index is 0.191.